The molecule has 2 aromatic heterocycles. The van der Waals surface area contributed by atoms with Crippen molar-refractivity contribution < 1.29 is 33.0 Å². The number of carboxylic acid groups (broad SMARTS) is 2. The highest BCUT2D eigenvalue weighted by molar-refractivity contribution is 6.30. The Kier molecular flexibility index (Phi) is 7.65. The zero-order chi connectivity index (χ0) is 27.8. The molecule has 202 valence electrons. The van der Waals surface area contributed by atoms with E-state index < -0.39 is 58.3 Å². The average molecular weight is 552 g/mol. The highest BCUT2D eigenvalue weighted by Crippen LogP contribution is 2.40. The minimum Gasteiger partial charge on any atom is -0.481 e. The SMILES string of the molecule is Cc1cc(Nc2nc(C[C@@]3(C(=O)O)CCN(Cc4cccc(Cl)c4F)[C@H](C)C3)c(F)c(C(=O)O)c2F)n[nH]1. The maximum Gasteiger partial charge on any atom is 0.341 e. The molecule has 0 bridgehead atoms. The van der Waals surface area contributed by atoms with E-state index in [4.69, 9.17) is 11.6 Å². The molecular formula is C25H25ClF3N5O4. The molecule has 2 atom stereocenters. The van der Waals surface area contributed by atoms with Gasteiger partial charge >= 0.3 is 11.9 Å². The zero-order valence-corrected chi connectivity index (χ0v) is 21.2. The Hall–Kier alpha value is -3.64. The number of nitrogens with one attached hydrogen (secondary N) is 2. The lowest BCUT2D eigenvalue weighted by Gasteiger charge is -2.43. The molecule has 9 nitrogen and oxygen atoms in total. The highest BCUT2D eigenvalue weighted by Gasteiger charge is 2.46. The fraction of sp³-hybridized carbons (Fsp3) is 0.360. The van der Waals surface area contributed by atoms with Gasteiger partial charge in [-0.3, -0.25) is 14.8 Å². The quantitative estimate of drug-likeness (QED) is 0.310. The van der Waals surface area contributed by atoms with Crippen molar-refractivity contribution in [2.45, 2.75) is 45.7 Å². The maximum absolute atomic E-state index is 15.2. The molecule has 0 unspecified atom stereocenters. The van der Waals surface area contributed by atoms with Crippen LogP contribution in [-0.2, 0) is 17.8 Å². The van der Waals surface area contributed by atoms with Crippen LogP contribution in [0.1, 0.15) is 47.1 Å². The van der Waals surface area contributed by atoms with Gasteiger partial charge in [-0.25, -0.2) is 22.9 Å². The van der Waals surface area contributed by atoms with E-state index in [-0.39, 0.29) is 42.8 Å². The van der Waals surface area contributed by atoms with Crippen LogP contribution in [0.4, 0.5) is 24.8 Å². The van der Waals surface area contributed by atoms with Crippen LogP contribution in [0.5, 0.6) is 0 Å². The highest BCUT2D eigenvalue weighted by atomic mass is 35.5. The minimum absolute atomic E-state index is 0.0199. The second kappa shape index (κ2) is 10.6. The predicted molar refractivity (Wildman–Crippen MR) is 132 cm³/mol. The molecule has 0 saturated carbocycles. The van der Waals surface area contributed by atoms with Crippen LogP contribution in [-0.4, -0.2) is 54.8 Å². The third-order valence-electron chi connectivity index (χ3n) is 6.86. The lowest BCUT2D eigenvalue weighted by Crippen LogP contribution is -2.50. The van der Waals surface area contributed by atoms with Gasteiger partial charge < -0.3 is 15.5 Å². The summed E-state index contributed by atoms with van der Waals surface area (Å²) in [5.74, 6) is -6.98. The molecule has 1 aliphatic heterocycles. The van der Waals surface area contributed by atoms with Crippen molar-refractivity contribution in [3.8, 4) is 0 Å². The summed E-state index contributed by atoms with van der Waals surface area (Å²) in [6.45, 7) is 3.87. The number of aromatic carboxylic acids is 1. The summed E-state index contributed by atoms with van der Waals surface area (Å²) in [6, 6.07) is 5.78. The molecule has 0 aliphatic carbocycles. The van der Waals surface area contributed by atoms with E-state index in [1.165, 1.54) is 12.1 Å². The first kappa shape index (κ1) is 27.4. The first-order valence-corrected chi connectivity index (χ1v) is 12.1. The monoisotopic (exact) mass is 551 g/mol. The summed E-state index contributed by atoms with van der Waals surface area (Å²) in [7, 11) is 0. The van der Waals surface area contributed by atoms with Gasteiger partial charge in [-0.05, 0) is 39.3 Å². The van der Waals surface area contributed by atoms with Crippen molar-refractivity contribution in [3.63, 3.8) is 0 Å². The van der Waals surface area contributed by atoms with Crippen LogP contribution in [0.3, 0.4) is 0 Å². The molecule has 3 aromatic rings. The normalized spacial score (nSPS) is 19.9. The van der Waals surface area contributed by atoms with E-state index >= 15 is 4.39 Å². The standard InChI is InChI=1S/C25H25ClF3N5O4/c1-12-8-17(33-32-12)31-22-21(29)18(23(35)36)20(28)16(30-22)10-25(24(37)38)6-7-34(13(2)9-25)11-14-4-3-5-15(26)19(14)27/h3-5,8,13H,6-7,9-11H2,1-2H3,(H,35,36)(H,37,38)(H2,30,31,32,33)/t13-,25-/m1/s1. The molecule has 38 heavy (non-hydrogen) atoms. The second-order valence-electron chi connectivity index (χ2n) is 9.53. The molecule has 4 N–H and O–H groups in total. The molecule has 4 rings (SSSR count). The van der Waals surface area contributed by atoms with Gasteiger partial charge in [0.15, 0.2) is 23.3 Å². The largest absolute Gasteiger partial charge is 0.481 e. The smallest absolute Gasteiger partial charge is 0.341 e. The number of aromatic nitrogens is 3. The molecule has 0 amide bonds. The number of carboxylic acids is 2. The second-order valence-corrected chi connectivity index (χ2v) is 9.93. The van der Waals surface area contributed by atoms with Gasteiger partial charge in [-0.2, -0.15) is 5.10 Å². The number of aromatic amines is 1. The third-order valence-corrected chi connectivity index (χ3v) is 7.16. The van der Waals surface area contributed by atoms with Crippen LogP contribution < -0.4 is 5.32 Å². The van der Waals surface area contributed by atoms with Crippen LogP contribution in [0, 0.1) is 29.8 Å². The number of halogens is 4. The Bertz CT molecular complexity index is 1400. The first-order chi connectivity index (χ1) is 17.9. The predicted octanol–water partition coefficient (Wildman–Crippen LogP) is 4.92. The zero-order valence-electron chi connectivity index (χ0n) is 20.5. The van der Waals surface area contributed by atoms with Crippen LogP contribution in [0.15, 0.2) is 24.3 Å². The van der Waals surface area contributed by atoms with E-state index in [1.807, 2.05) is 4.90 Å². The number of likely N-dealkylation sites (tertiary alicyclic amines) is 1. The van der Waals surface area contributed by atoms with Crippen molar-refractivity contribution in [3.05, 3.63) is 69.3 Å². The molecule has 3 heterocycles. The molecule has 1 saturated heterocycles. The van der Waals surface area contributed by atoms with Gasteiger partial charge in [0.2, 0.25) is 0 Å². The summed E-state index contributed by atoms with van der Waals surface area (Å²) >= 11 is 5.88. The van der Waals surface area contributed by atoms with Gasteiger partial charge in [-0.1, -0.05) is 23.7 Å². The number of pyridine rings is 1. The molecule has 0 spiro atoms. The number of rotatable bonds is 8. The topological polar surface area (TPSA) is 131 Å². The van der Waals surface area contributed by atoms with Crippen LogP contribution in [0.2, 0.25) is 5.02 Å². The number of anilines is 2. The van der Waals surface area contributed by atoms with Crippen LogP contribution in [0.25, 0.3) is 0 Å². The summed E-state index contributed by atoms with van der Waals surface area (Å²) < 4.78 is 44.6. The number of nitrogens with zero attached hydrogens (tertiary/aromatic N) is 3. The average Bonchev–Trinajstić information content (AvgIpc) is 3.26. The number of hydrogen-bond donors (Lipinski definition) is 4. The molecule has 1 aliphatic rings. The molecule has 13 heteroatoms. The van der Waals surface area contributed by atoms with E-state index in [9.17, 15) is 28.6 Å². The maximum atomic E-state index is 15.2. The summed E-state index contributed by atoms with van der Waals surface area (Å²) in [5, 5.41) is 28.7. The summed E-state index contributed by atoms with van der Waals surface area (Å²) in [4.78, 5) is 30.1. The Morgan fingerprint density at radius 3 is 2.58 bits per heavy atom. The van der Waals surface area contributed by atoms with Gasteiger partial charge in [0.1, 0.15) is 11.4 Å². The van der Waals surface area contributed by atoms with E-state index in [1.54, 1.807) is 26.0 Å². The fourth-order valence-electron chi connectivity index (χ4n) is 4.83. The van der Waals surface area contributed by atoms with E-state index in [0.29, 0.717) is 11.3 Å². The van der Waals surface area contributed by atoms with E-state index in [0.717, 1.165) is 0 Å². The van der Waals surface area contributed by atoms with Crippen molar-refractivity contribution in [1.29, 1.82) is 0 Å². The Morgan fingerprint density at radius 2 is 1.97 bits per heavy atom. The molecule has 1 fully saturated rings. The molecular weight excluding hydrogens is 527 g/mol. The van der Waals surface area contributed by atoms with Crippen molar-refractivity contribution >= 4 is 35.2 Å². The number of benzene rings is 1. The van der Waals surface area contributed by atoms with Gasteiger partial charge in [-0.15, -0.1) is 0 Å². The lowest BCUT2D eigenvalue weighted by atomic mass is 9.72. The molecule has 0 radical (unpaired) electrons. The van der Waals surface area contributed by atoms with Gasteiger partial charge in [0.05, 0.1) is 16.1 Å². The first-order valence-electron chi connectivity index (χ1n) is 11.7. The fourth-order valence-corrected chi connectivity index (χ4v) is 5.03. The number of piperidine rings is 1. The third kappa shape index (κ3) is 5.32. The van der Waals surface area contributed by atoms with Crippen molar-refractivity contribution in [1.82, 2.24) is 20.1 Å². The minimum atomic E-state index is -1.86. The van der Waals surface area contributed by atoms with Gasteiger partial charge in [0, 0.05) is 36.3 Å². The van der Waals surface area contributed by atoms with Gasteiger partial charge in [0.25, 0.3) is 0 Å². The van der Waals surface area contributed by atoms with Crippen molar-refractivity contribution in [2.24, 2.45) is 5.41 Å². The Balaban J connectivity index is 1.64. The number of H-pyrrole nitrogens is 1. The Morgan fingerprint density at radius 1 is 1.24 bits per heavy atom. The number of hydrogen-bond acceptors (Lipinski definition) is 6. The Labute approximate surface area is 220 Å². The lowest BCUT2D eigenvalue weighted by molar-refractivity contribution is -0.153. The van der Waals surface area contributed by atoms with E-state index in [2.05, 4.69) is 20.5 Å². The summed E-state index contributed by atoms with van der Waals surface area (Å²) in [6.07, 6.45) is -0.406. The van der Waals surface area contributed by atoms with Crippen molar-refractivity contribution in [2.75, 3.05) is 11.9 Å². The number of aliphatic carboxylic acids is 1. The number of carbonyl (C=O) groups is 2. The van der Waals surface area contributed by atoms with Crippen LogP contribution >= 0.6 is 11.6 Å². The number of aryl methyl sites for hydroxylation is 1. The summed E-state index contributed by atoms with van der Waals surface area (Å²) in [5.41, 5.74) is -2.29. The molecule has 1 aromatic carbocycles.